The van der Waals surface area contributed by atoms with E-state index in [0.29, 0.717) is 11.9 Å². The molecule has 1 heterocycles. The Morgan fingerprint density at radius 2 is 2.21 bits per heavy atom. The highest BCUT2D eigenvalue weighted by molar-refractivity contribution is 5.92. The molecule has 19 heavy (non-hydrogen) atoms. The van der Waals surface area contributed by atoms with Gasteiger partial charge in [-0.3, -0.25) is 0 Å². The van der Waals surface area contributed by atoms with Crippen LogP contribution in [0.1, 0.15) is 61.9 Å². The summed E-state index contributed by atoms with van der Waals surface area (Å²) in [5, 5.41) is 0. The molecule has 0 aromatic carbocycles. The number of imidazole rings is 1. The summed E-state index contributed by atoms with van der Waals surface area (Å²) >= 11 is 0. The number of nitrogen functional groups attached to an aromatic ring is 1. The third kappa shape index (κ3) is 2.74. The second kappa shape index (κ2) is 5.63. The Morgan fingerprint density at radius 1 is 1.53 bits per heavy atom. The maximum absolute atomic E-state index is 11.7. The number of methoxy groups -OCH3 is 1. The van der Waals surface area contributed by atoms with Crippen LogP contribution >= 0.6 is 0 Å². The number of esters is 1. The molecule has 1 fully saturated rings. The molecule has 1 aromatic rings. The van der Waals surface area contributed by atoms with Crippen LogP contribution in [0.3, 0.4) is 0 Å². The van der Waals surface area contributed by atoms with Crippen molar-refractivity contribution < 1.29 is 9.53 Å². The molecule has 0 saturated heterocycles. The lowest BCUT2D eigenvalue weighted by molar-refractivity contribution is 0.0595. The number of hydrogen-bond acceptors (Lipinski definition) is 4. The van der Waals surface area contributed by atoms with Crippen LogP contribution in [0.15, 0.2) is 0 Å². The smallest absolute Gasteiger partial charge is 0.360 e. The zero-order valence-electron chi connectivity index (χ0n) is 12.0. The molecule has 2 N–H and O–H groups in total. The number of aryl methyl sites for hydroxylation is 1. The lowest BCUT2D eigenvalue weighted by Gasteiger charge is -2.20. The molecule has 1 saturated carbocycles. The number of anilines is 1. The number of hydrogen-bond donors (Lipinski definition) is 1. The molecule has 1 aliphatic rings. The van der Waals surface area contributed by atoms with Crippen LogP contribution < -0.4 is 5.73 Å². The molecule has 0 aliphatic heterocycles. The van der Waals surface area contributed by atoms with Crippen LogP contribution in [0.5, 0.6) is 0 Å². The fourth-order valence-electron chi connectivity index (χ4n) is 2.59. The molecule has 0 amide bonds. The van der Waals surface area contributed by atoms with E-state index in [1.165, 1.54) is 20.0 Å². The van der Waals surface area contributed by atoms with E-state index in [1.807, 2.05) is 11.5 Å². The van der Waals surface area contributed by atoms with Crippen LogP contribution in [0.25, 0.3) is 0 Å². The van der Waals surface area contributed by atoms with Crippen molar-refractivity contribution in [1.82, 2.24) is 9.55 Å². The largest absolute Gasteiger partial charge is 0.464 e. The number of carbonyl (C=O) groups is 1. The van der Waals surface area contributed by atoms with Gasteiger partial charge in [0, 0.05) is 12.5 Å². The van der Waals surface area contributed by atoms with Gasteiger partial charge in [-0.25, -0.2) is 9.78 Å². The lowest BCUT2D eigenvalue weighted by atomic mass is 10.1. The Hall–Kier alpha value is -1.52. The van der Waals surface area contributed by atoms with Crippen LogP contribution in [-0.4, -0.2) is 22.6 Å². The van der Waals surface area contributed by atoms with Crippen molar-refractivity contribution in [2.75, 3.05) is 12.8 Å². The standard InChI is InChI=1S/C14H23N3O2/c1-4-10(8-9-6-7-9)17-11(5-2)16-12(13(17)15)14(18)19-3/h9-10H,4-8,15H2,1-3H3. The van der Waals surface area contributed by atoms with Crippen molar-refractivity contribution in [3.8, 4) is 0 Å². The number of rotatable bonds is 6. The number of carbonyl (C=O) groups excluding carboxylic acids is 1. The topological polar surface area (TPSA) is 70.1 Å². The zero-order valence-corrected chi connectivity index (χ0v) is 12.0. The van der Waals surface area contributed by atoms with E-state index < -0.39 is 5.97 Å². The number of nitrogens with two attached hydrogens (primary N) is 1. The molecule has 1 atom stereocenters. The van der Waals surface area contributed by atoms with Gasteiger partial charge in [-0.1, -0.05) is 26.7 Å². The number of ether oxygens (including phenoxy) is 1. The van der Waals surface area contributed by atoms with Crippen LogP contribution in [-0.2, 0) is 11.2 Å². The summed E-state index contributed by atoms with van der Waals surface area (Å²) in [5.41, 5.74) is 6.39. The van der Waals surface area contributed by atoms with E-state index in [0.717, 1.165) is 31.0 Å². The minimum absolute atomic E-state index is 0.258. The fraction of sp³-hybridized carbons (Fsp3) is 0.714. The van der Waals surface area contributed by atoms with Crippen LogP contribution in [0.4, 0.5) is 5.82 Å². The average Bonchev–Trinajstić information content (AvgIpc) is 3.18. The van der Waals surface area contributed by atoms with Gasteiger partial charge in [0.15, 0.2) is 5.69 Å². The quantitative estimate of drug-likeness (QED) is 0.802. The minimum Gasteiger partial charge on any atom is -0.464 e. The van der Waals surface area contributed by atoms with Gasteiger partial charge >= 0.3 is 5.97 Å². The first-order valence-electron chi connectivity index (χ1n) is 7.07. The van der Waals surface area contributed by atoms with Gasteiger partial charge in [0.1, 0.15) is 11.6 Å². The monoisotopic (exact) mass is 265 g/mol. The number of aromatic nitrogens is 2. The Morgan fingerprint density at radius 3 is 2.68 bits per heavy atom. The molecular formula is C14H23N3O2. The van der Waals surface area contributed by atoms with Crippen molar-refractivity contribution in [2.45, 2.75) is 52.0 Å². The van der Waals surface area contributed by atoms with Gasteiger partial charge in [-0.15, -0.1) is 0 Å². The maximum Gasteiger partial charge on any atom is 0.360 e. The molecule has 1 aliphatic carbocycles. The van der Waals surface area contributed by atoms with Gasteiger partial charge in [0.05, 0.1) is 7.11 Å². The third-order valence-corrected chi connectivity index (χ3v) is 3.85. The Balaban J connectivity index is 2.35. The lowest BCUT2D eigenvalue weighted by Crippen LogP contribution is -2.15. The second-order valence-electron chi connectivity index (χ2n) is 5.22. The molecule has 5 heteroatoms. The summed E-state index contributed by atoms with van der Waals surface area (Å²) in [5.74, 6) is 1.70. The summed E-state index contributed by atoms with van der Waals surface area (Å²) in [6.45, 7) is 4.19. The molecule has 2 rings (SSSR count). The van der Waals surface area contributed by atoms with Gasteiger partial charge in [0.2, 0.25) is 0 Å². The SMILES string of the molecule is CCc1nc(C(=O)OC)c(N)n1C(CC)CC1CC1. The summed E-state index contributed by atoms with van der Waals surface area (Å²) in [6.07, 6.45) is 5.53. The predicted octanol–water partition coefficient (Wildman–Crippen LogP) is 2.57. The van der Waals surface area contributed by atoms with Gasteiger partial charge < -0.3 is 15.0 Å². The molecule has 5 nitrogen and oxygen atoms in total. The Labute approximate surface area is 114 Å². The van der Waals surface area contributed by atoms with E-state index in [2.05, 4.69) is 11.9 Å². The third-order valence-electron chi connectivity index (χ3n) is 3.85. The highest BCUT2D eigenvalue weighted by atomic mass is 16.5. The van der Waals surface area contributed by atoms with E-state index in [4.69, 9.17) is 10.5 Å². The summed E-state index contributed by atoms with van der Waals surface area (Å²) in [7, 11) is 1.36. The van der Waals surface area contributed by atoms with Gasteiger partial charge in [0.25, 0.3) is 0 Å². The normalized spacial score (nSPS) is 16.4. The van der Waals surface area contributed by atoms with Crippen molar-refractivity contribution >= 4 is 11.8 Å². The predicted molar refractivity (Wildman–Crippen MR) is 74.0 cm³/mol. The van der Waals surface area contributed by atoms with Crippen molar-refractivity contribution in [3.05, 3.63) is 11.5 Å². The zero-order chi connectivity index (χ0) is 14.0. The van der Waals surface area contributed by atoms with E-state index in [-0.39, 0.29) is 5.69 Å². The number of nitrogens with zero attached hydrogens (tertiary/aromatic N) is 2. The Bertz CT molecular complexity index is 464. The molecule has 106 valence electrons. The summed E-state index contributed by atoms with van der Waals surface area (Å²) in [6, 6.07) is 0.341. The van der Waals surface area contributed by atoms with Crippen molar-refractivity contribution in [2.24, 2.45) is 5.92 Å². The van der Waals surface area contributed by atoms with Gasteiger partial charge in [-0.05, 0) is 18.8 Å². The highest BCUT2D eigenvalue weighted by Gasteiger charge is 2.29. The van der Waals surface area contributed by atoms with Gasteiger partial charge in [-0.2, -0.15) is 0 Å². The fourth-order valence-corrected chi connectivity index (χ4v) is 2.59. The molecule has 1 aromatic heterocycles. The molecule has 0 radical (unpaired) electrons. The molecular weight excluding hydrogens is 242 g/mol. The first-order valence-corrected chi connectivity index (χ1v) is 7.07. The van der Waals surface area contributed by atoms with Crippen molar-refractivity contribution in [1.29, 1.82) is 0 Å². The van der Waals surface area contributed by atoms with Crippen LogP contribution in [0, 0.1) is 5.92 Å². The van der Waals surface area contributed by atoms with Crippen molar-refractivity contribution in [3.63, 3.8) is 0 Å². The maximum atomic E-state index is 11.7. The summed E-state index contributed by atoms with van der Waals surface area (Å²) < 4.78 is 6.79. The van der Waals surface area contributed by atoms with Crippen LogP contribution in [0.2, 0.25) is 0 Å². The van der Waals surface area contributed by atoms with E-state index in [1.54, 1.807) is 0 Å². The second-order valence-corrected chi connectivity index (χ2v) is 5.22. The van der Waals surface area contributed by atoms with E-state index >= 15 is 0 Å². The molecule has 0 spiro atoms. The Kier molecular flexibility index (Phi) is 4.12. The molecule has 1 unspecified atom stereocenters. The summed E-state index contributed by atoms with van der Waals surface area (Å²) in [4.78, 5) is 16.0. The van der Waals surface area contributed by atoms with E-state index in [9.17, 15) is 4.79 Å². The minimum atomic E-state index is -0.452. The first kappa shape index (κ1) is 13.9. The average molecular weight is 265 g/mol. The first-order chi connectivity index (χ1) is 9.12. The highest BCUT2D eigenvalue weighted by Crippen LogP contribution is 2.39. The molecule has 0 bridgehead atoms.